The quantitative estimate of drug-likeness (QED) is 0.908. The van der Waals surface area contributed by atoms with Gasteiger partial charge in [-0.3, -0.25) is 4.79 Å². The van der Waals surface area contributed by atoms with Crippen LogP contribution in [0.2, 0.25) is 5.02 Å². The Morgan fingerprint density at radius 3 is 2.63 bits per heavy atom. The molecule has 1 fully saturated rings. The third-order valence-electron chi connectivity index (χ3n) is 3.79. The van der Waals surface area contributed by atoms with E-state index in [4.69, 9.17) is 17.3 Å². The molecular formula is C14H18ClFN2O. The van der Waals surface area contributed by atoms with Crippen molar-refractivity contribution >= 4 is 17.5 Å². The van der Waals surface area contributed by atoms with Crippen LogP contribution in [0, 0.1) is 5.82 Å². The lowest BCUT2D eigenvalue weighted by molar-refractivity contribution is 0.0685. The monoisotopic (exact) mass is 284 g/mol. The smallest absolute Gasteiger partial charge is 0.256 e. The average Bonchev–Trinajstić information content (AvgIpc) is 2.41. The molecule has 0 aliphatic heterocycles. The van der Waals surface area contributed by atoms with Crippen LogP contribution in [0.1, 0.15) is 36.0 Å². The van der Waals surface area contributed by atoms with Gasteiger partial charge < -0.3 is 10.6 Å². The van der Waals surface area contributed by atoms with E-state index in [0.29, 0.717) is 0 Å². The zero-order valence-electron chi connectivity index (χ0n) is 10.9. The average molecular weight is 285 g/mol. The molecule has 1 aliphatic carbocycles. The summed E-state index contributed by atoms with van der Waals surface area (Å²) >= 11 is 5.71. The van der Waals surface area contributed by atoms with Gasteiger partial charge in [0.25, 0.3) is 5.91 Å². The summed E-state index contributed by atoms with van der Waals surface area (Å²) < 4.78 is 13.8. The molecule has 0 saturated heterocycles. The Hall–Kier alpha value is -1.13. The minimum atomic E-state index is -0.645. The summed E-state index contributed by atoms with van der Waals surface area (Å²) in [6.45, 7) is 0. The van der Waals surface area contributed by atoms with E-state index in [9.17, 15) is 9.18 Å². The number of nitrogens with two attached hydrogens (primary N) is 1. The first-order chi connectivity index (χ1) is 9.00. The number of hydrogen-bond donors (Lipinski definition) is 1. The fourth-order valence-corrected chi connectivity index (χ4v) is 2.69. The van der Waals surface area contributed by atoms with Crippen molar-refractivity contribution < 1.29 is 9.18 Å². The maximum Gasteiger partial charge on any atom is 0.256 e. The molecule has 104 valence electrons. The molecule has 0 atom stereocenters. The molecule has 1 aromatic carbocycles. The lowest BCUT2D eigenvalue weighted by atomic mass is 9.90. The highest BCUT2D eigenvalue weighted by Crippen LogP contribution is 2.24. The molecule has 19 heavy (non-hydrogen) atoms. The van der Waals surface area contributed by atoms with Crippen molar-refractivity contribution in [3.8, 4) is 0 Å². The number of carbonyl (C=O) groups excluding carboxylic acids is 1. The van der Waals surface area contributed by atoms with Gasteiger partial charge in [0, 0.05) is 19.1 Å². The molecule has 3 nitrogen and oxygen atoms in total. The normalized spacial score (nSPS) is 23.2. The molecule has 1 aliphatic rings. The Morgan fingerprint density at radius 2 is 2.00 bits per heavy atom. The molecule has 1 aromatic rings. The van der Waals surface area contributed by atoms with Gasteiger partial charge in [-0.05, 0) is 37.8 Å². The van der Waals surface area contributed by atoms with Crippen LogP contribution < -0.4 is 5.73 Å². The van der Waals surface area contributed by atoms with Gasteiger partial charge in [0.15, 0.2) is 5.82 Å². The van der Waals surface area contributed by atoms with Crippen molar-refractivity contribution in [3.63, 3.8) is 0 Å². The van der Waals surface area contributed by atoms with Gasteiger partial charge in [-0.25, -0.2) is 4.39 Å². The van der Waals surface area contributed by atoms with Crippen LogP contribution in [0.4, 0.5) is 4.39 Å². The predicted molar refractivity (Wildman–Crippen MR) is 73.7 cm³/mol. The first-order valence-electron chi connectivity index (χ1n) is 6.47. The highest BCUT2D eigenvalue weighted by Gasteiger charge is 2.27. The summed E-state index contributed by atoms with van der Waals surface area (Å²) in [6, 6.07) is 4.85. The van der Waals surface area contributed by atoms with Gasteiger partial charge in [0.05, 0.1) is 10.6 Å². The summed E-state index contributed by atoms with van der Waals surface area (Å²) in [4.78, 5) is 13.9. The summed E-state index contributed by atoms with van der Waals surface area (Å²) in [5.41, 5.74) is 5.88. The van der Waals surface area contributed by atoms with Gasteiger partial charge in [0.2, 0.25) is 0 Å². The van der Waals surface area contributed by atoms with Crippen molar-refractivity contribution in [2.24, 2.45) is 5.73 Å². The zero-order chi connectivity index (χ0) is 14.0. The third kappa shape index (κ3) is 3.07. The van der Waals surface area contributed by atoms with Crippen LogP contribution in [0.15, 0.2) is 18.2 Å². The lowest BCUT2D eigenvalue weighted by Crippen LogP contribution is -2.42. The maximum atomic E-state index is 13.8. The maximum absolute atomic E-state index is 13.8. The molecule has 0 spiro atoms. The fraction of sp³-hybridized carbons (Fsp3) is 0.500. The third-order valence-corrected chi connectivity index (χ3v) is 4.08. The second kappa shape index (κ2) is 5.88. The first-order valence-corrected chi connectivity index (χ1v) is 6.85. The van der Waals surface area contributed by atoms with E-state index >= 15 is 0 Å². The highest BCUT2D eigenvalue weighted by atomic mass is 35.5. The van der Waals surface area contributed by atoms with E-state index in [2.05, 4.69) is 0 Å². The predicted octanol–water partition coefficient (Wildman–Crippen LogP) is 2.82. The topological polar surface area (TPSA) is 46.3 Å². The van der Waals surface area contributed by atoms with Crippen molar-refractivity contribution in [2.75, 3.05) is 7.05 Å². The highest BCUT2D eigenvalue weighted by molar-refractivity contribution is 6.31. The van der Waals surface area contributed by atoms with E-state index in [1.165, 1.54) is 12.1 Å². The van der Waals surface area contributed by atoms with Gasteiger partial charge in [0.1, 0.15) is 0 Å². The number of hydrogen-bond acceptors (Lipinski definition) is 2. The van der Waals surface area contributed by atoms with Crippen LogP contribution in [-0.2, 0) is 0 Å². The van der Waals surface area contributed by atoms with Crippen LogP contribution in [0.25, 0.3) is 0 Å². The molecule has 0 aromatic heterocycles. The molecule has 0 heterocycles. The van der Waals surface area contributed by atoms with Crippen LogP contribution in [0.3, 0.4) is 0 Å². The van der Waals surface area contributed by atoms with Gasteiger partial charge in [-0.15, -0.1) is 0 Å². The fourth-order valence-electron chi connectivity index (χ4n) is 2.51. The van der Waals surface area contributed by atoms with Gasteiger partial charge in [-0.1, -0.05) is 17.7 Å². The van der Waals surface area contributed by atoms with E-state index in [1.54, 1.807) is 18.0 Å². The van der Waals surface area contributed by atoms with Gasteiger partial charge in [-0.2, -0.15) is 0 Å². The largest absolute Gasteiger partial charge is 0.339 e. The Balaban J connectivity index is 2.13. The summed E-state index contributed by atoms with van der Waals surface area (Å²) in [5.74, 6) is -0.964. The van der Waals surface area contributed by atoms with Crippen molar-refractivity contribution in [2.45, 2.75) is 37.8 Å². The minimum absolute atomic E-state index is 0.0232. The SMILES string of the molecule is CN(C(=O)c1cccc(Cl)c1F)C1CCC(N)CC1. The van der Waals surface area contributed by atoms with Gasteiger partial charge >= 0.3 is 0 Å². The summed E-state index contributed by atoms with van der Waals surface area (Å²) in [6.07, 6.45) is 3.54. The molecular weight excluding hydrogens is 267 g/mol. The molecule has 0 radical (unpaired) electrons. The molecule has 2 N–H and O–H groups in total. The lowest BCUT2D eigenvalue weighted by Gasteiger charge is -2.33. The number of amides is 1. The second-order valence-electron chi connectivity index (χ2n) is 5.09. The van der Waals surface area contributed by atoms with Crippen LogP contribution in [0.5, 0.6) is 0 Å². The molecule has 2 rings (SSSR count). The summed E-state index contributed by atoms with van der Waals surface area (Å²) in [5, 5.41) is -0.0232. The number of carbonyl (C=O) groups is 1. The van der Waals surface area contributed by atoms with E-state index in [1.807, 2.05) is 0 Å². The van der Waals surface area contributed by atoms with Crippen molar-refractivity contribution in [1.82, 2.24) is 4.90 Å². The van der Waals surface area contributed by atoms with E-state index in [-0.39, 0.29) is 28.6 Å². The van der Waals surface area contributed by atoms with Crippen molar-refractivity contribution in [1.29, 1.82) is 0 Å². The van der Waals surface area contributed by atoms with E-state index in [0.717, 1.165) is 25.7 Å². The Morgan fingerprint density at radius 1 is 1.37 bits per heavy atom. The number of rotatable bonds is 2. The van der Waals surface area contributed by atoms with Crippen LogP contribution >= 0.6 is 11.6 Å². The molecule has 0 unspecified atom stereocenters. The number of benzene rings is 1. The van der Waals surface area contributed by atoms with Crippen LogP contribution in [-0.4, -0.2) is 29.9 Å². The van der Waals surface area contributed by atoms with Crippen molar-refractivity contribution in [3.05, 3.63) is 34.6 Å². The number of nitrogens with zero attached hydrogens (tertiary/aromatic N) is 1. The Labute approximate surface area is 117 Å². The Bertz CT molecular complexity index is 473. The zero-order valence-corrected chi connectivity index (χ0v) is 11.7. The molecule has 1 amide bonds. The Kier molecular flexibility index (Phi) is 4.42. The van der Waals surface area contributed by atoms with E-state index < -0.39 is 5.82 Å². The molecule has 5 heteroatoms. The molecule has 1 saturated carbocycles. The first kappa shape index (κ1) is 14.3. The minimum Gasteiger partial charge on any atom is -0.339 e. The molecule has 0 bridgehead atoms. The summed E-state index contributed by atoms with van der Waals surface area (Å²) in [7, 11) is 1.71. The standard InChI is InChI=1S/C14H18ClFN2O/c1-18(10-7-5-9(17)6-8-10)14(19)11-3-2-4-12(15)13(11)16/h2-4,9-10H,5-8,17H2,1H3. The second-order valence-corrected chi connectivity index (χ2v) is 5.49. The number of halogens is 2.